The number of phenolic OH excluding ortho intramolecular Hbond substituents is 1. The Balaban J connectivity index is 1.72. The fourth-order valence-electron chi connectivity index (χ4n) is 3.58. The number of nitrogens with zero attached hydrogens (tertiary/aromatic N) is 4. The number of hydrogen-bond donors (Lipinski definition) is 4. The fraction of sp³-hybridized carbons (Fsp3) is 0.0833. The van der Waals surface area contributed by atoms with Crippen LogP contribution in [0, 0.1) is 6.92 Å². The highest BCUT2D eigenvalue weighted by molar-refractivity contribution is 7.86. The van der Waals surface area contributed by atoms with E-state index in [4.69, 9.17) is 15.0 Å². The monoisotopic (exact) mass is 571 g/mol. The Morgan fingerprint density at radius 2 is 1.46 bits per heavy atom. The summed E-state index contributed by atoms with van der Waals surface area (Å²) >= 11 is 0. The van der Waals surface area contributed by atoms with Crippen LogP contribution < -0.4 is 10.5 Å². The highest BCUT2D eigenvalue weighted by atomic mass is 32.2. The van der Waals surface area contributed by atoms with E-state index in [1.54, 1.807) is 6.92 Å². The molecule has 0 aliphatic heterocycles. The van der Waals surface area contributed by atoms with Gasteiger partial charge in [-0.15, -0.1) is 10.2 Å². The summed E-state index contributed by atoms with van der Waals surface area (Å²) in [5, 5.41) is 27.4. The van der Waals surface area contributed by atoms with Crippen LogP contribution in [0.4, 0.5) is 28.4 Å². The molecule has 0 atom stereocenters. The minimum absolute atomic E-state index is 0.157. The van der Waals surface area contributed by atoms with Crippen molar-refractivity contribution in [1.82, 2.24) is 0 Å². The third kappa shape index (κ3) is 6.01. The third-order valence-corrected chi connectivity index (χ3v) is 7.25. The Hall–Kier alpha value is -4.44. The lowest BCUT2D eigenvalue weighted by Gasteiger charge is -2.10. The van der Waals surface area contributed by atoms with Crippen molar-refractivity contribution in [1.29, 1.82) is 0 Å². The fourth-order valence-corrected chi connectivity index (χ4v) is 4.71. The Morgan fingerprint density at radius 1 is 0.795 bits per heavy atom. The molecule has 0 saturated heterocycles. The van der Waals surface area contributed by atoms with E-state index in [9.17, 15) is 26.5 Å². The standard InChI is InChI=1S/C24H21N5O8S2/c1-13-9-20(21(37-2)12-19(13)27-26-16-4-6-17(7-5-16)38(31,32)33)28-29-23-22(39(34,35)36)11-14-10-15(25)3-8-18(14)24(23)30/h3-12,30H,25H2,1-2H3,(H,31,32,33)(H,34,35,36). The van der Waals surface area contributed by atoms with Crippen LogP contribution in [0.1, 0.15) is 5.56 Å². The number of methoxy groups -OCH3 is 1. The van der Waals surface area contributed by atoms with Crippen LogP contribution >= 0.6 is 0 Å². The summed E-state index contributed by atoms with van der Waals surface area (Å²) in [7, 11) is -7.77. The van der Waals surface area contributed by atoms with Gasteiger partial charge in [0.05, 0.1) is 23.4 Å². The van der Waals surface area contributed by atoms with E-state index < -0.39 is 36.6 Å². The summed E-state index contributed by atoms with van der Waals surface area (Å²) in [5.74, 6) is -0.341. The molecule has 0 amide bonds. The summed E-state index contributed by atoms with van der Waals surface area (Å²) in [5.41, 5.74) is 7.00. The maximum atomic E-state index is 12.0. The van der Waals surface area contributed by atoms with E-state index in [0.29, 0.717) is 22.6 Å². The van der Waals surface area contributed by atoms with E-state index in [1.165, 1.54) is 61.7 Å². The van der Waals surface area contributed by atoms with E-state index >= 15 is 0 Å². The Bertz CT molecular complexity index is 1870. The predicted molar refractivity (Wildman–Crippen MR) is 142 cm³/mol. The van der Waals surface area contributed by atoms with Crippen LogP contribution in [0.3, 0.4) is 0 Å². The largest absolute Gasteiger partial charge is 0.505 e. The number of anilines is 1. The predicted octanol–water partition coefficient (Wildman–Crippen LogP) is 5.77. The summed E-state index contributed by atoms with van der Waals surface area (Å²) in [6.45, 7) is 1.69. The molecule has 0 aliphatic rings. The van der Waals surface area contributed by atoms with Gasteiger partial charge >= 0.3 is 0 Å². The summed E-state index contributed by atoms with van der Waals surface area (Å²) < 4.78 is 70.6. The Morgan fingerprint density at radius 3 is 2.08 bits per heavy atom. The molecule has 5 N–H and O–H groups in total. The zero-order chi connectivity index (χ0) is 28.5. The maximum Gasteiger partial charge on any atom is 0.296 e. The van der Waals surface area contributed by atoms with Crippen LogP contribution in [0.2, 0.25) is 0 Å². The van der Waals surface area contributed by atoms with Gasteiger partial charge in [-0.05, 0) is 72.5 Å². The number of nitrogens with two attached hydrogens (primary N) is 1. The second kappa shape index (κ2) is 10.4. The molecular weight excluding hydrogens is 550 g/mol. The maximum absolute atomic E-state index is 12.0. The van der Waals surface area contributed by atoms with E-state index in [0.717, 1.165) is 6.07 Å². The van der Waals surface area contributed by atoms with Gasteiger partial charge in [-0.2, -0.15) is 27.1 Å². The van der Waals surface area contributed by atoms with E-state index in [1.807, 2.05) is 0 Å². The van der Waals surface area contributed by atoms with Crippen molar-refractivity contribution in [3.8, 4) is 11.5 Å². The van der Waals surface area contributed by atoms with Crippen LogP contribution in [0.15, 0.2) is 90.9 Å². The van der Waals surface area contributed by atoms with Crippen molar-refractivity contribution in [3.05, 3.63) is 66.2 Å². The first-order valence-electron chi connectivity index (χ1n) is 10.9. The van der Waals surface area contributed by atoms with Gasteiger partial charge in [-0.3, -0.25) is 9.11 Å². The number of azo groups is 2. The second-order valence-corrected chi connectivity index (χ2v) is 11.0. The molecule has 0 aliphatic carbocycles. The van der Waals surface area contributed by atoms with Crippen molar-refractivity contribution in [2.24, 2.45) is 20.5 Å². The molecule has 0 saturated carbocycles. The molecule has 0 bridgehead atoms. The number of nitrogen functional groups attached to an aromatic ring is 1. The molecular formula is C24H21N5O8S2. The van der Waals surface area contributed by atoms with Crippen LogP contribution in [0.25, 0.3) is 10.8 Å². The minimum Gasteiger partial charge on any atom is -0.505 e. The molecule has 0 spiro atoms. The third-order valence-electron chi connectivity index (χ3n) is 5.52. The molecule has 4 aromatic carbocycles. The molecule has 4 aromatic rings. The zero-order valence-electron chi connectivity index (χ0n) is 20.3. The average Bonchev–Trinajstić information content (AvgIpc) is 2.86. The molecule has 0 heterocycles. The Labute approximate surface area is 222 Å². The lowest BCUT2D eigenvalue weighted by Crippen LogP contribution is -1.99. The first-order chi connectivity index (χ1) is 18.3. The highest BCUT2D eigenvalue weighted by Crippen LogP contribution is 2.43. The van der Waals surface area contributed by atoms with Crippen molar-refractivity contribution in [3.63, 3.8) is 0 Å². The molecule has 39 heavy (non-hydrogen) atoms. The van der Waals surface area contributed by atoms with Gasteiger partial charge in [0.15, 0.2) is 5.75 Å². The van der Waals surface area contributed by atoms with Gasteiger partial charge in [0.1, 0.15) is 22.0 Å². The first-order valence-corrected chi connectivity index (χ1v) is 13.8. The molecule has 0 unspecified atom stereocenters. The lowest BCUT2D eigenvalue weighted by atomic mass is 10.1. The van der Waals surface area contributed by atoms with Crippen molar-refractivity contribution < 1.29 is 35.8 Å². The number of fused-ring (bicyclic) bond motifs is 1. The smallest absolute Gasteiger partial charge is 0.296 e. The molecule has 4 rings (SSSR count). The van der Waals surface area contributed by atoms with E-state index in [2.05, 4.69) is 20.5 Å². The average molecular weight is 572 g/mol. The van der Waals surface area contributed by atoms with Gasteiger partial charge in [0.25, 0.3) is 20.2 Å². The number of hydrogen-bond acceptors (Lipinski definition) is 11. The number of ether oxygens (including phenoxy) is 1. The van der Waals surface area contributed by atoms with Gasteiger partial charge in [-0.25, -0.2) is 0 Å². The molecule has 0 aromatic heterocycles. The second-order valence-electron chi connectivity index (χ2n) is 8.21. The van der Waals surface area contributed by atoms with Crippen LogP contribution in [0.5, 0.6) is 11.5 Å². The van der Waals surface area contributed by atoms with Gasteiger partial charge in [0.2, 0.25) is 0 Å². The molecule has 0 radical (unpaired) electrons. The summed E-state index contributed by atoms with van der Waals surface area (Å²) in [6.07, 6.45) is 0. The number of aromatic hydroxyl groups is 1. The van der Waals surface area contributed by atoms with Gasteiger partial charge < -0.3 is 15.6 Å². The van der Waals surface area contributed by atoms with Crippen LogP contribution in [-0.4, -0.2) is 38.2 Å². The van der Waals surface area contributed by atoms with Gasteiger partial charge in [-0.1, -0.05) is 0 Å². The SMILES string of the molecule is COc1cc(N=Nc2ccc(S(=O)(=O)O)cc2)c(C)cc1N=Nc1c(S(=O)(=O)O)cc2cc(N)ccc2c1O. The quantitative estimate of drug-likeness (QED) is 0.120. The van der Waals surface area contributed by atoms with Crippen molar-refractivity contribution in [2.75, 3.05) is 12.8 Å². The highest BCUT2D eigenvalue weighted by Gasteiger charge is 2.22. The first kappa shape index (κ1) is 27.6. The zero-order valence-corrected chi connectivity index (χ0v) is 22.0. The molecule has 13 nitrogen and oxygen atoms in total. The number of rotatable bonds is 7. The Kier molecular flexibility index (Phi) is 7.34. The molecule has 0 fully saturated rings. The minimum atomic E-state index is -4.80. The normalized spacial score (nSPS) is 12.5. The number of aryl methyl sites for hydroxylation is 1. The van der Waals surface area contributed by atoms with E-state index in [-0.39, 0.29) is 27.1 Å². The summed E-state index contributed by atoms with van der Waals surface area (Å²) in [6, 6.07) is 13.7. The van der Waals surface area contributed by atoms with Crippen molar-refractivity contribution >= 4 is 59.4 Å². The summed E-state index contributed by atoms with van der Waals surface area (Å²) in [4.78, 5) is -0.948. The molecule has 15 heteroatoms. The number of phenols is 1. The number of benzene rings is 4. The molecule has 202 valence electrons. The van der Waals surface area contributed by atoms with Crippen molar-refractivity contribution in [2.45, 2.75) is 16.7 Å². The van der Waals surface area contributed by atoms with Gasteiger partial charge in [0, 0.05) is 17.1 Å². The lowest BCUT2D eigenvalue weighted by molar-refractivity contribution is 0.416. The topological polar surface area (TPSA) is 214 Å². The van der Waals surface area contributed by atoms with Crippen LogP contribution in [-0.2, 0) is 20.2 Å².